The second-order valence-electron chi connectivity index (χ2n) is 3.72. The molecule has 0 aromatic rings. The van der Waals surface area contributed by atoms with Crippen LogP contribution in [0.5, 0.6) is 0 Å². The first-order chi connectivity index (χ1) is 5.46. The normalized spacial score (nSPS) is 30.7. The smallest absolute Gasteiger partial charge is 0.255 e. The SMILES string of the molecule is CN1CCC(O)(C(=O)N(C)C)C1. The maximum absolute atomic E-state index is 11.5. The van der Waals surface area contributed by atoms with E-state index in [0.29, 0.717) is 13.0 Å². The van der Waals surface area contributed by atoms with Crippen molar-refractivity contribution in [1.82, 2.24) is 9.80 Å². The van der Waals surface area contributed by atoms with Crippen molar-refractivity contribution in [2.45, 2.75) is 12.0 Å². The van der Waals surface area contributed by atoms with Gasteiger partial charge in [0.05, 0.1) is 0 Å². The van der Waals surface area contributed by atoms with E-state index in [1.165, 1.54) is 4.90 Å². The second kappa shape index (κ2) is 3.03. The summed E-state index contributed by atoms with van der Waals surface area (Å²) >= 11 is 0. The lowest BCUT2D eigenvalue weighted by Gasteiger charge is -2.24. The number of carbonyl (C=O) groups is 1. The van der Waals surface area contributed by atoms with Crippen molar-refractivity contribution in [3.8, 4) is 0 Å². The van der Waals surface area contributed by atoms with Crippen LogP contribution < -0.4 is 0 Å². The number of nitrogens with zero attached hydrogens (tertiary/aromatic N) is 2. The van der Waals surface area contributed by atoms with Gasteiger partial charge in [-0.1, -0.05) is 0 Å². The molecule has 1 heterocycles. The Bertz CT molecular complexity index is 193. The maximum atomic E-state index is 11.5. The highest BCUT2D eigenvalue weighted by molar-refractivity contribution is 5.85. The fraction of sp³-hybridized carbons (Fsp3) is 0.875. The minimum Gasteiger partial charge on any atom is -0.379 e. The van der Waals surface area contributed by atoms with E-state index in [4.69, 9.17) is 0 Å². The van der Waals surface area contributed by atoms with Gasteiger partial charge in [0, 0.05) is 27.2 Å². The Labute approximate surface area is 72.8 Å². The molecule has 0 spiro atoms. The quantitative estimate of drug-likeness (QED) is 0.560. The van der Waals surface area contributed by atoms with Crippen molar-refractivity contribution < 1.29 is 9.90 Å². The molecule has 1 fully saturated rings. The van der Waals surface area contributed by atoms with Crippen molar-refractivity contribution >= 4 is 5.91 Å². The molecule has 12 heavy (non-hydrogen) atoms. The largest absolute Gasteiger partial charge is 0.379 e. The summed E-state index contributed by atoms with van der Waals surface area (Å²) in [4.78, 5) is 14.9. The standard InChI is InChI=1S/C8H16N2O2/c1-9(2)7(11)8(12)4-5-10(3)6-8/h12H,4-6H2,1-3H3. The number of rotatable bonds is 1. The molecule has 0 aromatic carbocycles. The number of hydrogen-bond donors (Lipinski definition) is 1. The number of β-amino-alcohol motifs (C(OH)–C–C–N with tert-alkyl or cyclic N) is 1. The summed E-state index contributed by atoms with van der Waals surface area (Å²) in [7, 11) is 5.23. The third kappa shape index (κ3) is 1.59. The molecule has 1 aliphatic heterocycles. The molecular weight excluding hydrogens is 156 g/mol. The molecule has 1 unspecified atom stereocenters. The van der Waals surface area contributed by atoms with Gasteiger partial charge in [-0.2, -0.15) is 0 Å². The lowest BCUT2D eigenvalue weighted by atomic mass is 10.0. The highest BCUT2D eigenvalue weighted by atomic mass is 16.3. The van der Waals surface area contributed by atoms with E-state index in [1.54, 1.807) is 14.1 Å². The van der Waals surface area contributed by atoms with Crippen molar-refractivity contribution in [1.29, 1.82) is 0 Å². The third-order valence-corrected chi connectivity index (χ3v) is 2.24. The molecule has 1 amide bonds. The maximum Gasteiger partial charge on any atom is 0.255 e. The van der Waals surface area contributed by atoms with Crippen LogP contribution in [0, 0.1) is 0 Å². The van der Waals surface area contributed by atoms with Gasteiger partial charge in [0.15, 0.2) is 5.60 Å². The molecule has 4 nitrogen and oxygen atoms in total. The van der Waals surface area contributed by atoms with Gasteiger partial charge in [0.2, 0.25) is 0 Å². The Morgan fingerprint density at radius 3 is 2.50 bits per heavy atom. The lowest BCUT2D eigenvalue weighted by Crippen LogP contribution is -2.47. The highest BCUT2D eigenvalue weighted by Gasteiger charge is 2.42. The van der Waals surface area contributed by atoms with Crippen molar-refractivity contribution in [2.75, 3.05) is 34.2 Å². The zero-order valence-electron chi connectivity index (χ0n) is 7.87. The molecule has 0 aliphatic carbocycles. The monoisotopic (exact) mass is 172 g/mol. The van der Waals surface area contributed by atoms with Gasteiger partial charge in [-0.15, -0.1) is 0 Å². The van der Waals surface area contributed by atoms with Gasteiger partial charge in [0.1, 0.15) is 0 Å². The van der Waals surface area contributed by atoms with E-state index in [1.807, 2.05) is 11.9 Å². The molecule has 1 atom stereocenters. The molecule has 1 rings (SSSR count). The van der Waals surface area contributed by atoms with Gasteiger partial charge in [-0.3, -0.25) is 4.79 Å². The molecular formula is C8H16N2O2. The first-order valence-electron chi connectivity index (χ1n) is 4.08. The van der Waals surface area contributed by atoms with Crippen LogP contribution in [-0.4, -0.2) is 60.6 Å². The van der Waals surface area contributed by atoms with Crippen molar-refractivity contribution in [3.63, 3.8) is 0 Å². The zero-order valence-corrected chi connectivity index (χ0v) is 7.87. The van der Waals surface area contributed by atoms with E-state index in [-0.39, 0.29) is 5.91 Å². The number of amides is 1. The molecule has 70 valence electrons. The molecule has 0 aromatic heterocycles. The average molecular weight is 172 g/mol. The van der Waals surface area contributed by atoms with Gasteiger partial charge in [-0.05, 0) is 13.5 Å². The minimum atomic E-state index is -1.14. The van der Waals surface area contributed by atoms with Crippen LogP contribution in [0.25, 0.3) is 0 Å². The van der Waals surface area contributed by atoms with Crippen LogP contribution in [0.1, 0.15) is 6.42 Å². The number of carbonyl (C=O) groups excluding carboxylic acids is 1. The first kappa shape index (κ1) is 9.48. The Hall–Kier alpha value is -0.610. The van der Waals surface area contributed by atoms with E-state index in [2.05, 4.69) is 0 Å². The summed E-state index contributed by atoms with van der Waals surface area (Å²) in [6, 6.07) is 0. The van der Waals surface area contributed by atoms with E-state index >= 15 is 0 Å². The molecule has 4 heteroatoms. The number of hydrogen-bond acceptors (Lipinski definition) is 3. The predicted octanol–water partition coefficient (Wildman–Crippen LogP) is -0.859. The van der Waals surface area contributed by atoms with Gasteiger partial charge in [-0.25, -0.2) is 0 Å². The van der Waals surface area contributed by atoms with Crippen LogP contribution in [0.3, 0.4) is 0 Å². The average Bonchev–Trinajstić information content (AvgIpc) is 2.31. The van der Waals surface area contributed by atoms with E-state index in [9.17, 15) is 9.90 Å². The van der Waals surface area contributed by atoms with E-state index < -0.39 is 5.60 Å². The summed E-state index contributed by atoms with van der Waals surface area (Å²) in [6.45, 7) is 1.24. The third-order valence-electron chi connectivity index (χ3n) is 2.24. The summed E-state index contributed by atoms with van der Waals surface area (Å²) < 4.78 is 0. The van der Waals surface area contributed by atoms with Crippen LogP contribution in [0.2, 0.25) is 0 Å². The van der Waals surface area contributed by atoms with E-state index in [0.717, 1.165) is 6.54 Å². The lowest BCUT2D eigenvalue weighted by molar-refractivity contribution is -0.147. The van der Waals surface area contributed by atoms with Crippen LogP contribution in [-0.2, 0) is 4.79 Å². The van der Waals surface area contributed by atoms with Gasteiger partial charge in [0.25, 0.3) is 5.91 Å². The zero-order chi connectivity index (χ0) is 9.35. The number of likely N-dealkylation sites (N-methyl/N-ethyl adjacent to an activating group) is 2. The molecule has 0 radical (unpaired) electrons. The molecule has 0 saturated carbocycles. The Morgan fingerprint density at radius 1 is 1.58 bits per heavy atom. The fourth-order valence-electron chi connectivity index (χ4n) is 1.57. The van der Waals surface area contributed by atoms with Crippen molar-refractivity contribution in [2.24, 2.45) is 0 Å². The minimum absolute atomic E-state index is 0.188. The first-order valence-corrected chi connectivity index (χ1v) is 4.08. The molecule has 1 saturated heterocycles. The number of aliphatic hydroxyl groups is 1. The Morgan fingerprint density at radius 2 is 2.17 bits per heavy atom. The van der Waals surface area contributed by atoms with Crippen LogP contribution in [0.4, 0.5) is 0 Å². The molecule has 1 N–H and O–H groups in total. The van der Waals surface area contributed by atoms with Crippen LogP contribution in [0.15, 0.2) is 0 Å². The second-order valence-corrected chi connectivity index (χ2v) is 3.72. The summed E-state index contributed by atoms with van der Waals surface area (Å²) in [5.41, 5.74) is -1.14. The molecule has 0 bridgehead atoms. The topological polar surface area (TPSA) is 43.8 Å². The Kier molecular flexibility index (Phi) is 2.39. The fourth-order valence-corrected chi connectivity index (χ4v) is 1.57. The van der Waals surface area contributed by atoms with Crippen LogP contribution >= 0.6 is 0 Å². The predicted molar refractivity (Wildman–Crippen MR) is 45.8 cm³/mol. The van der Waals surface area contributed by atoms with Crippen molar-refractivity contribution in [3.05, 3.63) is 0 Å². The summed E-state index contributed by atoms with van der Waals surface area (Å²) in [6.07, 6.45) is 0.542. The van der Waals surface area contributed by atoms with Gasteiger partial charge >= 0.3 is 0 Å². The van der Waals surface area contributed by atoms with Gasteiger partial charge < -0.3 is 14.9 Å². The summed E-state index contributed by atoms with van der Waals surface area (Å²) in [5.74, 6) is -0.188. The molecule has 1 aliphatic rings. The highest BCUT2D eigenvalue weighted by Crippen LogP contribution is 2.21. The number of likely N-dealkylation sites (tertiary alicyclic amines) is 1. The Balaban J connectivity index is 2.67. The summed E-state index contributed by atoms with van der Waals surface area (Å²) in [5, 5.41) is 9.87.